The topological polar surface area (TPSA) is 51.0 Å². The number of methoxy groups -OCH3 is 1. The van der Waals surface area contributed by atoms with E-state index in [1.165, 1.54) is 7.11 Å². The molecule has 84 valence electrons. The lowest BCUT2D eigenvalue weighted by Crippen LogP contribution is -2.18. The first-order chi connectivity index (χ1) is 7.14. The molecule has 0 aromatic rings. The van der Waals surface area contributed by atoms with E-state index in [1.807, 2.05) is 19.9 Å². The Morgan fingerprint density at radius 3 is 2.67 bits per heavy atom. The smallest absolute Gasteiger partial charge is 0.311 e. The minimum absolute atomic E-state index is 0.0968. The largest absolute Gasteiger partial charge is 0.469 e. The summed E-state index contributed by atoms with van der Waals surface area (Å²) >= 11 is 0. The Morgan fingerprint density at radius 1 is 1.53 bits per heavy atom. The van der Waals surface area contributed by atoms with E-state index in [1.54, 1.807) is 0 Å². The minimum atomic E-state index is -0.238. The second kappa shape index (κ2) is 5.05. The lowest BCUT2D eigenvalue weighted by atomic mass is 10.0. The molecule has 4 nitrogen and oxygen atoms in total. The summed E-state index contributed by atoms with van der Waals surface area (Å²) in [5, 5.41) is 8.03. The van der Waals surface area contributed by atoms with Crippen molar-refractivity contribution in [2.75, 3.05) is 13.7 Å². The second-order valence-corrected chi connectivity index (χ2v) is 3.92. The SMILES string of the molecule is C/C=C(C)\N=N/CCC1(C(=O)OC)CC1. The van der Waals surface area contributed by atoms with Crippen molar-refractivity contribution in [1.29, 1.82) is 0 Å². The van der Waals surface area contributed by atoms with Gasteiger partial charge in [0, 0.05) is 0 Å². The van der Waals surface area contributed by atoms with Crippen molar-refractivity contribution in [2.45, 2.75) is 33.1 Å². The molecular formula is C11H18N2O2. The van der Waals surface area contributed by atoms with Gasteiger partial charge in [0.1, 0.15) is 0 Å². The Kier molecular flexibility index (Phi) is 4.00. The molecular weight excluding hydrogens is 192 g/mol. The summed E-state index contributed by atoms with van der Waals surface area (Å²) in [5.41, 5.74) is 0.662. The van der Waals surface area contributed by atoms with E-state index in [2.05, 4.69) is 10.2 Å². The van der Waals surface area contributed by atoms with Gasteiger partial charge in [0.25, 0.3) is 0 Å². The molecule has 0 saturated heterocycles. The number of carbonyl (C=O) groups is 1. The number of azo groups is 1. The summed E-state index contributed by atoms with van der Waals surface area (Å²) in [6, 6.07) is 0. The average molecular weight is 210 g/mol. The fourth-order valence-corrected chi connectivity index (χ4v) is 1.41. The van der Waals surface area contributed by atoms with Gasteiger partial charge in [0.05, 0.1) is 24.8 Å². The molecule has 4 heteroatoms. The molecule has 1 saturated carbocycles. The molecule has 0 unspecified atom stereocenters. The zero-order chi connectivity index (χ0) is 11.3. The monoisotopic (exact) mass is 210 g/mol. The van der Waals surface area contributed by atoms with Crippen molar-refractivity contribution in [2.24, 2.45) is 15.6 Å². The van der Waals surface area contributed by atoms with E-state index in [4.69, 9.17) is 4.74 Å². The number of hydrogen-bond donors (Lipinski definition) is 0. The highest BCUT2D eigenvalue weighted by molar-refractivity contribution is 5.79. The molecule has 0 atom stereocenters. The third-order valence-electron chi connectivity index (χ3n) is 2.81. The summed E-state index contributed by atoms with van der Waals surface area (Å²) in [6.07, 6.45) is 4.51. The molecule has 0 bridgehead atoms. The first-order valence-electron chi connectivity index (χ1n) is 5.23. The van der Waals surface area contributed by atoms with Gasteiger partial charge in [-0.05, 0) is 33.1 Å². The Bertz CT molecular complexity index is 291. The number of hydrogen-bond acceptors (Lipinski definition) is 4. The van der Waals surface area contributed by atoms with Crippen LogP contribution in [0.3, 0.4) is 0 Å². The van der Waals surface area contributed by atoms with E-state index < -0.39 is 0 Å². The second-order valence-electron chi connectivity index (χ2n) is 3.92. The summed E-state index contributed by atoms with van der Waals surface area (Å²) < 4.78 is 4.75. The molecule has 1 fully saturated rings. The van der Waals surface area contributed by atoms with Crippen LogP contribution in [0, 0.1) is 5.41 Å². The fourth-order valence-electron chi connectivity index (χ4n) is 1.41. The highest BCUT2D eigenvalue weighted by atomic mass is 16.5. The Labute approximate surface area is 90.4 Å². The van der Waals surface area contributed by atoms with Gasteiger partial charge in [-0.1, -0.05) is 6.08 Å². The van der Waals surface area contributed by atoms with E-state index in [-0.39, 0.29) is 11.4 Å². The molecule has 0 amide bonds. The lowest BCUT2D eigenvalue weighted by Gasteiger charge is -2.09. The molecule has 0 radical (unpaired) electrons. The van der Waals surface area contributed by atoms with Crippen LogP contribution in [0.15, 0.2) is 22.0 Å². The van der Waals surface area contributed by atoms with Crippen LogP contribution in [0.5, 0.6) is 0 Å². The van der Waals surface area contributed by atoms with Gasteiger partial charge in [-0.2, -0.15) is 10.2 Å². The van der Waals surface area contributed by atoms with Crippen molar-refractivity contribution in [1.82, 2.24) is 0 Å². The molecule has 0 heterocycles. The molecule has 1 aliphatic rings. The van der Waals surface area contributed by atoms with Crippen molar-refractivity contribution in [3.05, 3.63) is 11.8 Å². The van der Waals surface area contributed by atoms with Gasteiger partial charge in [-0.25, -0.2) is 0 Å². The van der Waals surface area contributed by atoms with E-state index in [0.717, 1.165) is 25.0 Å². The number of ether oxygens (including phenoxy) is 1. The van der Waals surface area contributed by atoms with Crippen molar-refractivity contribution >= 4 is 5.97 Å². The molecule has 0 aromatic carbocycles. The highest BCUT2D eigenvalue weighted by Gasteiger charge is 2.50. The van der Waals surface area contributed by atoms with Crippen LogP contribution < -0.4 is 0 Å². The zero-order valence-corrected chi connectivity index (χ0v) is 9.62. The van der Waals surface area contributed by atoms with E-state index >= 15 is 0 Å². The summed E-state index contributed by atoms with van der Waals surface area (Å²) in [4.78, 5) is 11.4. The summed E-state index contributed by atoms with van der Waals surface area (Å²) in [7, 11) is 1.44. The zero-order valence-electron chi connectivity index (χ0n) is 9.62. The quantitative estimate of drug-likeness (QED) is 0.517. The molecule has 15 heavy (non-hydrogen) atoms. The lowest BCUT2D eigenvalue weighted by molar-refractivity contribution is -0.147. The Hall–Kier alpha value is -1.19. The standard InChI is InChI=1S/C11H18N2O2/c1-4-9(2)13-12-8-7-11(5-6-11)10(14)15-3/h4H,5-8H2,1-3H3/b9-4-,13-12-. The Morgan fingerprint density at radius 2 is 2.20 bits per heavy atom. The molecule has 0 aromatic heterocycles. The highest BCUT2D eigenvalue weighted by Crippen LogP contribution is 2.49. The third-order valence-corrected chi connectivity index (χ3v) is 2.81. The van der Waals surface area contributed by atoms with Crippen molar-refractivity contribution in [3.8, 4) is 0 Å². The van der Waals surface area contributed by atoms with Crippen LogP contribution in [0.25, 0.3) is 0 Å². The molecule has 0 N–H and O–H groups in total. The van der Waals surface area contributed by atoms with Crippen LogP contribution in [-0.4, -0.2) is 19.6 Å². The number of carbonyl (C=O) groups excluding carboxylic acids is 1. The van der Waals surface area contributed by atoms with Gasteiger partial charge >= 0.3 is 5.97 Å². The number of esters is 1. The average Bonchev–Trinajstić information content (AvgIpc) is 3.04. The van der Waals surface area contributed by atoms with Gasteiger partial charge in [-0.15, -0.1) is 0 Å². The maximum absolute atomic E-state index is 11.4. The summed E-state index contributed by atoms with van der Waals surface area (Å²) in [5.74, 6) is -0.0968. The predicted molar refractivity (Wildman–Crippen MR) is 57.5 cm³/mol. The number of rotatable bonds is 5. The predicted octanol–water partition coefficient (Wildman–Crippen LogP) is 2.71. The first-order valence-corrected chi connectivity index (χ1v) is 5.23. The number of allylic oxidation sites excluding steroid dienone is 2. The fraction of sp³-hybridized carbons (Fsp3) is 0.727. The molecule has 1 aliphatic carbocycles. The van der Waals surface area contributed by atoms with Crippen LogP contribution in [-0.2, 0) is 9.53 Å². The molecule has 0 spiro atoms. The van der Waals surface area contributed by atoms with Gasteiger partial charge in [0.15, 0.2) is 0 Å². The normalized spacial score (nSPS) is 19.3. The van der Waals surface area contributed by atoms with Crippen molar-refractivity contribution in [3.63, 3.8) is 0 Å². The van der Waals surface area contributed by atoms with Crippen molar-refractivity contribution < 1.29 is 9.53 Å². The van der Waals surface area contributed by atoms with Crippen LogP contribution in [0.4, 0.5) is 0 Å². The number of nitrogens with zero attached hydrogens (tertiary/aromatic N) is 2. The maximum atomic E-state index is 11.4. The summed E-state index contributed by atoms with van der Waals surface area (Å²) in [6.45, 7) is 4.42. The minimum Gasteiger partial charge on any atom is -0.469 e. The third kappa shape index (κ3) is 3.15. The Balaban J connectivity index is 2.32. The maximum Gasteiger partial charge on any atom is 0.311 e. The first kappa shape index (κ1) is 11.9. The van der Waals surface area contributed by atoms with Crippen LogP contribution >= 0.6 is 0 Å². The van der Waals surface area contributed by atoms with E-state index in [9.17, 15) is 4.79 Å². The van der Waals surface area contributed by atoms with Crippen LogP contribution in [0.2, 0.25) is 0 Å². The van der Waals surface area contributed by atoms with E-state index in [0.29, 0.717) is 6.54 Å². The van der Waals surface area contributed by atoms with Gasteiger partial charge in [-0.3, -0.25) is 4.79 Å². The van der Waals surface area contributed by atoms with Gasteiger partial charge in [0.2, 0.25) is 0 Å². The molecule has 1 rings (SSSR count). The molecule has 0 aliphatic heterocycles. The van der Waals surface area contributed by atoms with Gasteiger partial charge < -0.3 is 4.74 Å². The van der Waals surface area contributed by atoms with Crippen LogP contribution in [0.1, 0.15) is 33.1 Å².